The Labute approximate surface area is 161 Å². The maximum atomic E-state index is 13.8. The van der Waals surface area contributed by atoms with E-state index in [1.165, 1.54) is 0 Å². The Morgan fingerprint density at radius 3 is 1.03 bits per heavy atom. The molecule has 0 aromatic rings. The molecule has 0 unspecified atom stereocenters. The minimum absolute atomic E-state index is 0.282. The van der Waals surface area contributed by atoms with Gasteiger partial charge < -0.3 is 0 Å². The Morgan fingerprint density at radius 1 is 0.633 bits per heavy atom. The van der Waals surface area contributed by atoms with Crippen molar-refractivity contribution in [3.05, 3.63) is 0 Å². The molecule has 0 bridgehead atoms. The van der Waals surface area contributed by atoms with Gasteiger partial charge in [-0.25, -0.2) is 0 Å². The van der Waals surface area contributed by atoms with E-state index in [0.29, 0.717) is 23.4 Å². The average Bonchev–Trinajstić information content (AvgIpc) is 2.95. The van der Waals surface area contributed by atoms with Crippen LogP contribution in [-0.4, -0.2) is 91.2 Å². The Balaban J connectivity index is 3.21. The van der Waals surface area contributed by atoms with Crippen LogP contribution in [0.25, 0.3) is 0 Å². The normalized spacial score (nSPS) is 28.8. The summed E-state index contributed by atoms with van der Waals surface area (Å²) in [4.78, 5) is 0. The SMILES string of the molecule is CN(C)P12(OC(C(F)(F)F)(C(F)(F)F)C(C(F)(F)F)(C(F)(F)F)O1)N(C)CCN2C. The fraction of sp³-hybridized carbons (Fsp3) is 1.00. The molecule has 30 heavy (non-hydrogen) atoms. The number of hydrogen-bond donors (Lipinski definition) is 0. The van der Waals surface area contributed by atoms with Gasteiger partial charge in [0.15, 0.2) is 0 Å². The maximum absolute atomic E-state index is 13.8. The van der Waals surface area contributed by atoms with Gasteiger partial charge in [-0.1, -0.05) is 0 Å². The van der Waals surface area contributed by atoms with E-state index < -0.39 is 56.5 Å². The molecule has 0 radical (unpaired) electrons. The second-order valence-electron chi connectivity index (χ2n) is 6.98. The van der Waals surface area contributed by atoms with Gasteiger partial charge in [-0.2, -0.15) is 0 Å². The van der Waals surface area contributed by atoms with Crippen molar-refractivity contribution < 1.29 is 61.7 Å². The molecule has 0 aromatic heterocycles. The summed E-state index contributed by atoms with van der Waals surface area (Å²) in [7, 11) is -3.61. The molecule has 0 aromatic carbocycles. The molecule has 0 atom stereocenters. The Kier molecular flexibility index (Phi) is 5.34. The first kappa shape index (κ1) is 25.6. The summed E-state index contributed by atoms with van der Waals surface area (Å²) in [6.07, 6.45) is -29.0. The van der Waals surface area contributed by atoms with Gasteiger partial charge in [0.05, 0.1) is 0 Å². The number of halogens is 12. The average molecular weight is 493 g/mol. The Bertz CT molecular complexity index is 619. The van der Waals surface area contributed by atoms with Gasteiger partial charge in [-0.3, -0.25) is 0 Å². The third-order valence-electron chi connectivity index (χ3n) is 5.29. The van der Waals surface area contributed by atoms with Crippen molar-refractivity contribution in [2.24, 2.45) is 0 Å². The molecular formula is C12H16F12N3O2P. The quantitative estimate of drug-likeness (QED) is 0.401. The van der Waals surface area contributed by atoms with Crippen LogP contribution < -0.4 is 0 Å². The van der Waals surface area contributed by atoms with E-state index in [4.69, 9.17) is 0 Å². The van der Waals surface area contributed by atoms with Gasteiger partial charge in [0.2, 0.25) is 0 Å². The second kappa shape index (κ2) is 6.25. The molecule has 5 nitrogen and oxygen atoms in total. The van der Waals surface area contributed by atoms with Gasteiger partial charge in [0, 0.05) is 0 Å². The molecule has 0 amide bonds. The van der Waals surface area contributed by atoms with Crippen molar-refractivity contribution in [2.75, 3.05) is 41.3 Å². The van der Waals surface area contributed by atoms with Crippen LogP contribution in [0.2, 0.25) is 0 Å². The zero-order valence-electron chi connectivity index (χ0n) is 15.6. The van der Waals surface area contributed by atoms with Crippen molar-refractivity contribution in [3.8, 4) is 0 Å². The fourth-order valence-electron chi connectivity index (χ4n) is 3.90. The van der Waals surface area contributed by atoms with E-state index >= 15 is 0 Å². The third-order valence-corrected chi connectivity index (χ3v) is 10.6. The summed E-state index contributed by atoms with van der Waals surface area (Å²) in [6, 6.07) is 0. The van der Waals surface area contributed by atoms with Gasteiger partial charge in [0.25, 0.3) is 0 Å². The predicted molar refractivity (Wildman–Crippen MR) is 77.7 cm³/mol. The van der Waals surface area contributed by atoms with E-state index in [1.54, 1.807) is 0 Å². The van der Waals surface area contributed by atoms with Crippen molar-refractivity contribution >= 4 is 7.51 Å². The number of nitrogens with zero attached hydrogens (tertiary/aromatic N) is 3. The van der Waals surface area contributed by atoms with E-state index in [0.717, 1.165) is 14.1 Å². The summed E-state index contributed by atoms with van der Waals surface area (Å²) in [6.45, 7) is -1.08. The summed E-state index contributed by atoms with van der Waals surface area (Å²) in [5.41, 5.74) is -13.6. The molecule has 1 spiro atoms. The number of hydrogen-bond acceptors (Lipinski definition) is 5. The first-order valence-electron chi connectivity index (χ1n) is 7.81. The van der Waals surface area contributed by atoms with Crippen LogP contribution in [0.15, 0.2) is 0 Å². The van der Waals surface area contributed by atoms with Crippen LogP contribution in [0.3, 0.4) is 0 Å². The van der Waals surface area contributed by atoms with Crippen LogP contribution in [0.5, 0.6) is 0 Å². The van der Waals surface area contributed by atoms with Crippen LogP contribution in [-0.2, 0) is 9.05 Å². The van der Waals surface area contributed by atoms with E-state index in [-0.39, 0.29) is 4.67 Å². The molecular weight excluding hydrogens is 477 g/mol. The van der Waals surface area contributed by atoms with Crippen molar-refractivity contribution in [2.45, 2.75) is 35.9 Å². The zero-order chi connectivity index (χ0) is 24.0. The number of alkyl halides is 12. The van der Waals surface area contributed by atoms with Gasteiger partial charge >= 0.3 is 160 Å². The zero-order valence-corrected chi connectivity index (χ0v) is 16.4. The van der Waals surface area contributed by atoms with E-state index in [1.807, 2.05) is 0 Å². The molecule has 0 N–H and O–H groups in total. The van der Waals surface area contributed by atoms with E-state index in [2.05, 4.69) is 9.05 Å². The Morgan fingerprint density at radius 2 is 0.867 bits per heavy atom. The molecule has 0 saturated carbocycles. The van der Waals surface area contributed by atoms with Crippen molar-refractivity contribution in [1.82, 2.24) is 14.0 Å². The molecule has 180 valence electrons. The van der Waals surface area contributed by atoms with Crippen molar-refractivity contribution in [1.29, 1.82) is 0 Å². The Hall–Kier alpha value is -0.610. The molecule has 2 heterocycles. The molecule has 2 fully saturated rings. The molecule has 2 aliphatic heterocycles. The number of likely N-dealkylation sites (N-methyl/N-ethyl adjacent to an activating group) is 2. The van der Waals surface area contributed by atoms with Crippen molar-refractivity contribution in [3.63, 3.8) is 0 Å². The molecule has 2 saturated heterocycles. The van der Waals surface area contributed by atoms with Crippen LogP contribution in [0, 0.1) is 0 Å². The monoisotopic (exact) mass is 493 g/mol. The number of rotatable bonds is 1. The first-order valence-corrected chi connectivity index (χ1v) is 9.74. The summed E-state index contributed by atoms with van der Waals surface area (Å²) in [5, 5.41) is 0. The summed E-state index contributed by atoms with van der Waals surface area (Å²) in [5.74, 6) is 0. The molecule has 2 rings (SSSR count). The first-order chi connectivity index (χ1) is 13.0. The van der Waals surface area contributed by atoms with Gasteiger partial charge in [-0.05, 0) is 0 Å². The topological polar surface area (TPSA) is 28.2 Å². The molecule has 18 heteroatoms. The third kappa shape index (κ3) is 2.50. The summed E-state index contributed by atoms with van der Waals surface area (Å²) >= 11 is 0. The second-order valence-corrected chi connectivity index (χ2v) is 11.2. The van der Waals surface area contributed by atoms with E-state index in [9.17, 15) is 52.7 Å². The minimum atomic E-state index is -7.24. The molecule has 2 aliphatic rings. The summed E-state index contributed by atoms with van der Waals surface area (Å²) < 4.78 is 175. The van der Waals surface area contributed by atoms with Crippen LogP contribution in [0.1, 0.15) is 0 Å². The van der Waals surface area contributed by atoms with Crippen LogP contribution >= 0.6 is 7.51 Å². The fourth-order valence-corrected chi connectivity index (χ4v) is 9.06. The van der Waals surface area contributed by atoms with Gasteiger partial charge in [0.1, 0.15) is 0 Å². The standard InChI is InChI=1S/C12H16F12N3O2P/c1-25(2)30(26(3)5-6-27(30)4)28-7(9(13,14)15,10(16,17)18)8(29-30,11(19,20)21)12(22,23)24/h5-6H2,1-4H3. The van der Waals surface area contributed by atoms with Gasteiger partial charge in [-0.15, -0.1) is 0 Å². The molecule has 0 aliphatic carbocycles. The predicted octanol–water partition coefficient (Wildman–Crippen LogP) is 4.33. The van der Waals surface area contributed by atoms with Crippen LogP contribution in [0.4, 0.5) is 52.7 Å².